The highest BCUT2D eigenvalue weighted by Crippen LogP contribution is 2.22. The second kappa shape index (κ2) is 6.55. The summed E-state index contributed by atoms with van der Waals surface area (Å²) in [5.74, 6) is 1.10. The lowest BCUT2D eigenvalue weighted by Gasteiger charge is -2.17. The lowest BCUT2D eigenvalue weighted by Crippen LogP contribution is -2.38. The number of nitrogens with one attached hydrogen (secondary N) is 2. The van der Waals surface area contributed by atoms with Gasteiger partial charge >= 0.3 is 6.03 Å². The summed E-state index contributed by atoms with van der Waals surface area (Å²) in [5, 5.41) is 9.81. The zero-order valence-corrected chi connectivity index (χ0v) is 12.9. The van der Waals surface area contributed by atoms with Gasteiger partial charge in [-0.05, 0) is 18.6 Å². The summed E-state index contributed by atoms with van der Waals surface area (Å²) >= 11 is 0. The molecule has 8 heteroatoms. The topological polar surface area (TPSA) is 92.4 Å². The van der Waals surface area contributed by atoms with Gasteiger partial charge in [0, 0.05) is 32.3 Å². The molecule has 3 amide bonds. The van der Waals surface area contributed by atoms with Crippen LogP contribution in [0.2, 0.25) is 0 Å². The molecule has 122 valence electrons. The third-order valence-electron chi connectivity index (χ3n) is 3.73. The van der Waals surface area contributed by atoms with Crippen molar-refractivity contribution in [2.75, 3.05) is 18.4 Å². The van der Waals surface area contributed by atoms with Gasteiger partial charge in [-0.3, -0.25) is 9.48 Å². The van der Waals surface area contributed by atoms with Crippen molar-refractivity contribution in [2.45, 2.75) is 25.9 Å². The van der Waals surface area contributed by atoms with Crippen LogP contribution in [-0.4, -0.2) is 39.7 Å². The summed E-state index contributed by atoms with van der Waals surface area (Å²) in [6, 6.07) is 5.36. The highest BCUT2D eigenvalue weighted by Gasteiger charge is 2.28. The Labute approximate surface area is 133 Å². The number of urea groups is 1. The minimum Gasteiger partial charge on any atom is -0.467 e. The molecule has 8 nitrogen and oxygen atoms in total. The molecule has 2 aromatic rings. The maximum atomic E-state index is 12.2. The Hall–Kier alpha value is -2.77. The van der Waals surface area contributed by atoms with Crippen LogP contribution in [0.5, 0.6) is 0 Å². The second-order valence-electron chi connectivity index (χ2n) is 5.49. The van der Waals surface area contributed by atoms with E-state index in [4.69, 9.17) is 4.42 Å². The number of furan rings is 1. The number of hydrogen-bond donors (Lipinski definition) is 2. The molecule has 1 fully saturated rings. The molecule has 1 aliphatic rings. The Bertz CT molecular complexity index is 679. The zero-order valence-electron chi connectivity index (χ0n) is 12.9. The van der Waals surface area contributed by atoms with Gasteiger partial charge < -0.3 is 20.0 Å². The molecule has 1 aliphatic heterocycles. The maximum absolute atomic E-state index is 12.2. The predicted octanol–water partition coefficient (Wildman–Crippen LogP) is 1.59. The first-order chi connectivity index (χ1) is 11.1. The van der Waals surface area contributed by atoms with Gasteiger partial charge in [0.1, 0.15) is 5.76 Å². The monoisotopic (exact) mass is 317 g/mol. The molecule has 3 rings (SSSR count). The van der Waals surface area contributed by atoms with Gasteiger partial charge in [0.25, 0.3) is 0 Å². The number of carbonyl (C=O) groups excluding carboxylic acids is 2. The largest absolute Gasteiger partial charge is 0.467 e. The number of likely N-dealkylation sites (tertiary alicyclic amines) is 1. The first-order valence-electron chi connectivity index (χ1n) is 7.50. The molecule has 23 heavy (non-hydrogen) atoms. The van der Waals surface area contributed by atoms with Gasteiger partial charge in [-0.15, -0.1) is 0 Å². The van der Waals surface area contributed by atoms with E-state index in [1.54, 1.807) is 28.0 Å². The normalized spacial score (nSPS) is 17.3. The van der Waals surface area contributed by atoms with Crippen molar-refractivity contribution in [3.05, 3.63) is 36.4 Å². The van der Waals surface area contributed by atoms with Crippen molar-refractivity contribution in [2.24, 2.45) is 0 Å². The summed E-state index contributed by atoms with van der Waals surface area (Å²) in [7, 11) is 0. The van der Waals surface area contributed by atoms with Gasteiger partial charge in [0.2, 0.25) is 5.91 Å². The fourth-order valence-corrected chi connectivity index (χ4v) is 2.62. The molecule has 0 radical (unpaired) electrons. The van der Waals surface area contributed by atoms with Crippen LogP contribution in [0.15, 0.2) is 35.1 Å². The van der Waals surface area contributed by atoms with E-state index < -0.39 is 0 Å². The van der Waals surface area contributed by atoms with E-state index in [0.29, 0.717) is 25.5 Å². The van der Waals surface area contributed by atoms with Crippen LogP contribution >= 0.6 is 0 Å². The molecular formula is C15H19N5O3. The number of hydrogen-bond acceptors (Lipinski definition) is 4. The molecule has 0 bridgehead atoms. The zero-order chi connectivity index (χ0) is 16.2. The summed E-state index contributed by atoms with van der Waals surface area (Å²) in [6.07, 6.45) is 4.23. The highest BCUT2D eigenvalue weighted by atomic mass is 16.3. The number of carbonyl (C=O) groups is 2. The third kappa shape index (κ3) is 3.71. The van der Waals surface area contributed by atoms with Crippen LogP contribution in [0.3, 0.4) is 0 Å². The Morgan fingerprint density at radius 3 is 3.04 bits per heavy atom. The van der Waals surface area contributed by atoms with E-state index in [1.807, 2.05) is 12.3 Å². The molecule has 2 aromatic heterocycles. The fourth-order valence-electron chi connectivity index (χ4n) is 2.62. The average Bonchev–Trinajstić information content (AvgIpc) is 3.24. The highest BCUT2D eigenvalue weighted by molar-refractivity contribution is 5.87. The quantitative estimate of drug-likeness (QED) is 0.895. The summed E-state index contributed by atoms with van der Waals surface area (Å²) in [5.41, 5.74) is 0. The third-order valence-corrected chi connectivity index (χ3v) is 3.73. The fraction of sp³-hybridized carbons (Fsp3) is 0.400. The first kappa shape index (κ1) is 15.1. The van der Waals surface area contributed by atoms with Crippen LogP contribution in [0.4, 0.5) is 10.6 Å². The number of rotatable bonds is 4. The number of nitrogens with zero attached hydrogens (tertiary/aromatic N) is 3. The second-order valence-corrected chi connectivity index (χ2v) is 5.49. The van der Waals surface area contributed by atoms with Crippen LogP contribution in [0, 0.1) is 0 Å². The van der Waals surface area contributed by atoms with Crippen LogP contribution in [-0.2, 0) is 11.3 Å². The predicted molar refractivity (Wildman–Crippen MR) is 82.7 cm³/mol. The number of anilines is 1. The van der Waals surface area contributed by atoms with Gasteiger partial charge in [0.05, 0.1) is 18.8 Å². The van der Waals surface area contributed by atoms with Crippen molar-refractivity contribution in [3.8, 4) is 0 Å². The molecule has 0 spiro atoms. The molecule has 0 saturated carbocycles. The molecule has 3 heterocycles. The van der Waals surface area contributed by atoms with Crippen molar-refractivity contribution in [1.82, 2.24) is 20.0 Å². The van der Waals surface area contributed by atoms with E-state index in [-0.39, 0.29) is 18.0 Å². The average molecular weight is 317 g/mol. The van der Waals surface area contributed by atoms with Crippen molar-refractivity contribution in [1.29, 1.82) is 0 Å². The molecule has 1 atom stereocenters. The van der Waals surface area contributed by atoms with Gasteiger partial charge in [-0.2, -0.15) is 5.10 Å². The van der Waals surface area contributed by atoms with Gasteiger partial charge in [-0.25, -0.2) is 4.79 Å². The number of amides is 3. The Morgan fingerprint density at radius 2 is 2.30 bits per heavy atom. The number of aromatic nitrogens is 2. The molecule has 1 saturated heterocycles. The molecule has 0 unspecified atom stereocenters. The van der Waals surface area contributed by atoms with Gasteiger partial charge in [-0.1, -0.05) is 0 Å². The molecule has 0 aliphatic carbocycles. The molecular weight excluding hydrogens is 298 g/mol. The maximum Gasteiger partial charge on any atom is 0.317 e. The summed E-state index contributed by atoms with van der Waals surface area (Å²) < 4.78 is 6.99. The summed E-state index contributed by atoms with van der Waals surface area (Å²) in [6.45, 7) is 3.08. The van der Waals surface area contributed by atoms with E-state index >= 15 is 0 Å². The Kier molecular flexibility index (Phi) is 4.31. The lowest BCUT2D eigenvalue weighted by atomic mass is 10.3. The first-order valence-corrected chi connectivity index (χ1v) is 7.50. The standard InChI is InChI=1S/C15H19N5O3/c1-11(21)17-14-5-7-20(18-14)12-4-6-19(10-12)15(22)16-9-13-3-2-8-23-13/h2-3,5,7-8,12H,4,6,9-10H2,1H3,(H,16,22)(H,17,18,21)/t12-/m1/s1. The van der Waals surface area contributed by atoms with E-state index in [0.717, 1.165) is 12.2 Å². The lowest BCUT2D eigenvalue weighted by molar-refractivity contribution is -0.114. The smallest absolute Gasteiger partial charge is 0.317 e. The van der Waals surface area contributed by atoms with Crippen molar-refractivity contribution < 1.29 is 14.0 Å². The van der Waals surface area contributed by atoms with Crippen LogP contribution in [0.25, 0.3) is 0 Å². The minimum absolute atomic E-state index is 0.113. The van der Waals surface area contributed by atoms with Crippen LogP contribution < -0.4 is 10.6 Å². The molecule has 0 aromatic carbocycles. The van der Waals surface area contributed by atoms with E-state index in [9.17, 15) is 9.59 Å². The molecule has 2 N–H and O–H groups in total. The van der Waals surface area contributed by atoms with Crippen LogP contribution in [0.1, 0.15) is 25.1 Å². The SMILES string of the molecule is CC(=O)Nc1ccn([C@@H]2CCN(C(=O)NCc3ccco3)C2)n1. The van der Waals surface area contributed by atoms with Gasteiger partial charge in [0.15, 0.2) is 5.82 Å². The Morgan fingerprint density at radius 1 is 1.43 bits per heavy atom. The minimum atomic E-state index is -0.152. The Balaban J connectivity index is 1.52. The summed E-state index contributed by atoms with van der Waals surface area (Å²) in [4.78, 5) is 24.9. The van der Waals surface area contributed by atoms with Crippen molar-refractivity contribution >= 4 is 17.8 Å². The van der Waals surface area contributed by atoms with E-state index in [2.05, 4.69) is 15.7 Å². The van der Waals surface area contributed by atoms with E-state index in [1.165, 1.54) is 6.92 Å². The van der Waals surface area contributed by atoms with Crippen molar-refractivity contribution in [3.63, 3.8) is 0 Å².